The van der Waals surface area contributed by atoms with Gasteiger partial charge < -0.3 is 9.47 Å². The Morgan fingerprint density at radius 3 is 2.24 bits per heavy atom. The van der Waals surface area contributed by atoms with E-state index in [1.54, 1.807) is 17.0 Å². The molecule has 6 nitrogen and oxygen atoms in total. The van der Waals surface area contributed by atoms with Crippen molar-refractivity contribution in [1.29, 1.82) is 0 Å². The molecule has 1 amide bonds. The second-order valence-electron chi connectivity index (χ2n) is 6.89. The number of fused-ring (bicyclic) bond motifs is 1. The van der Waals surface area contributed by atoms with Gasteiger partial charge in [-0.25, -0.2) is 8.42 Å². The SMILES string of the molecule is Cn1c(C(=O)N2CCN(S(=O)(=O)c3ccc(Cl)cc3)CC2)c(Br)c2ccccc21. The molecule has 4 rings (SSSR count). The Labute approximate surface area is 182 Å². The van der Waals surface area contributed by atoms with Crippen LogP contribution in [-0.2, 0) is 17.1 Å². The van der Waals surface area contributed by atoms with Crippen molar-refractivity contribution < 1.29 is 13.2 Å². The van der Waals surface area contributed by atoms with Crippen LogP contribution in [0.15, 0.2) is 57.9 Å². The number of hydrogen-bond acceptors (Lipinski definition) is 3. The molecule has 2 heterocycles. The van der Waals surface area contributed by atoms with E-state index in [4.69, 9.17) is 11.6 Å². The monoisotopic (exact) mass is 495 g/mol. The molecule has 1 saturated heterocycles. The van der Waals surface area contributed by atoms with Crippen molar-refractivity contribution in [3.05, 3.63) is 63.7 Å². The van der Waals surface area contributed by atoms with Gasteiger partial charge in [-0.05, 0) is 46.3 Å². The van der Waals surface area contributed by atoms with E-state index in [1.165, 1.54) is 16.4 Å². The molecule has 1 aliphatic rings. The first-order valence-electron chi connectivity index (χ1n) is 9.08. The first-order chi connectivity index (χ1) is 13.8. The number of para-hydroxylation sites is 1. The van der Waals surface area contributed by atoms with Crippen LogP contribution in [-0.4, -0.2) is 54.3 Å². The number of piperazine rings is 1. The van der Waals surface area contributed by atoms with Crippen LogP contribution >= 0.6 is 27.5 Å². The lowest BCUT2D eigenvalue weighted by Gasteiger charge is -2.34. The number of benzene rings is 2. The molecule has 2 aromatic carbocycles. The highest BCUT2D eigenvalue weighted by Crippen LogP contribution is 2.31. The molecule has 0 atom stereocenters. The third-order valence-corrected chi connectivity index (χ3v) is 8.19. The minimum atomic E-state index is -3.61. The summed E-state index contributed by atoms with van der Waals surface area (Å²) in [5, 5.41) is 1.46. The Morgan fingerprint density at radius 2 is 1.62 bits per heavy atom. The molecule has 0 spiro atoms. The van der Waals surface area contributed by atoms with Gasteiger partial charge in [0, 0.05) is 49.2 Å². The average Bonchev–Trinajstić information content (AvgIpc) is 2.98. The van der Waals surface area contributed by atoms with E-state index in [-0.39, 0.29) is 23.9 Å². The Hall–Kier alpha value is -1.87. The van der Waals surface area contributed by atoms with E-state index < -0.39 is 10.0 Å². The smallest absolute Gasteiger partial charge is 0.271 e. The second-order valence-corrected chi connectivity index (χ2v) is 10.1. The molecule has 3 aromatic rings. The fourth-order valence-electron chi connectivity index (χ4n) is 3.62. The van der Waals surface area contributed by atoms with Gasteiger partial charge in [-0.1, -0.05) is 29.8 Å². The summed E-state index contributed by atoms with van der Waals surface area (Å²) in [5.41, 5.74) is 1.53. The Morgan fingerprint density at radius 1 is 1.00 bits per heavy atom. The number of aromatic nitrogens is 1. The zero-order valence-corrected chi connectivity index (χ0v) is 18.8. The summed E-state index contributed by atoms with van der Waals surface area (Å²) < 4.78 is 29.7. The average molecular weight is 497 g/mol. The molecular formula is C20H19BrClN3O3S. The Kier molecular flexibility index (Phi) is 5.46. The first-order valence-corrected chi connectivity index (χ1v) is 11.7. The lowest BCUT2D eigenvalue weighted by atomic mass is 10.2. The first kappa shape index (κ1) is 20.4. The van der Waals surface area contributed by atoms with Gasteiger partial charge in [-0.3, -0.25) is 4.79 Å². The van der Waals surface area contributed by atoms with Crippen LogP contribution in [0, 0.1) is 0 Å². The quantitative estimate of drug-likeness (QED) is 0.555. The van der Waals surface area contributed by atoms with E-state index in [0.29, 0.717) is 23.8 Å². The van der Waals surface area contributed by atoms with Crippen LogP contribution in [0.2, 0.25) is 5.02 Å². The number of nitrogens with zero attached hydrogens (tertiary/aromatic N) is 3. The van der Waals surface area contributed by atoms with E-state index in [2.05, 4.69) is 15.9 Å². The van der Waals surface area contributed by atoms with Crippen molar-refractivity contribution in [3.8, 4) is 0 Å². The molecule has 1 fully saturated rings. The number of halogens is 2. The molecule has 1 aromatic heterocycles. The van der Waals surface area contributed by atoms with Crippen LogP contribution in [0.3, 0.4) is 0 Å². The van der Waals surface area contributed by atoms with E-state index in [9.17, 15) is 13.2 Å². The lowest BCUT2D eigenvalue weighted by Crippen LogP contribution is -2.50. The number of amides is 1. The van der Waals surface area contributed by atoms with Gasteiger partial charge in [0.15, 0.2) is 0 Å². The van der Waals surface area contributed by atoms with Crippen LogP contribution in [0.5, 0.6) is 0 Å². The summed E-state index contributed by atoms with van der Waals surface area (Å²) in [4.78, 5) is 15.1. The van der Waals surface area contributed by atoms with Crippen molar-refractivity contribution in [2.45, 2.75) is 4.90 Å². The zero-order chi connectivity index (χ0) is 20.8. The van der Waals surface area contributed by atoms with Crippen molar-refractivity contribution >= 4 is 54.4 Å². The molecule has 0 unspecified atom stereocenters. The molecule has 0 radical (unpaired) electrons. The normalized spacial score (nSPS) is 15.8. The standard InChI is InChI=1S/C20H19BrClN3O3S/c1-23-17-5-3-2-4-16(17)18(21)19(23)20(26)24-10-12-25(13-11-24)29(27,28)15-8-6-14(22)7-9-15/h2-9H,10-13H2,1H3. The van der Waals surface area contributed by atoms with Crippen molar-refractivity contribution in [1.82, 2.24) is 13.8 Å². The fraction of sp³-hybridized carbons (Fsp3) is 0.250. The molecule has 0 saturated carbocycles. The van der Waals surface area contributed by atoms with Gasteiger partial charge in [0.25, 0.3) is 5.91 Å². The van der Waals surface area contributed by atoms with Crippen LogP contribution < -0.4 is 0 Å². The molecule has 9 heteroatoms. The highest BCUT2D eigenvalue weighted by Gasteiger charge is 2.32. The van der Waals surface area contributed by atoms with Gasteiger partial charge in [-0.15, -0.1) is 0 Å². The van der Waals surface area contributed by atoms with Crippen LogP contribution in [0.1, 0.15) is 10.5 Å². The van der Waals surface area contributed by atoms with Gasteiger partial charge in [0.05, 0.1) is 9.37 Å². The third-order valence-electron chi connectivity index (χ3n) is 5.23. The molecule has 1 aliphatic heterocycles. The topological polar surface area (TPSA) is 62.6 Å². The Balaban J connectivity index is 1.53. The van der Waals surface area contributed by atoms with Crippen LogP contribution in [0.25, 0.3) is 10.9 Å². The van der Waals surface area contributed by atoms with Crippen molar-refractivity contribution in [3.63, 3.8) is 0 Å². The molecule has 29 heavy (non-hydrogen) atoms. The number of sulfonamides is 1. The molecular weight excluding hydrogens is 478 g/mol. The molecule has 0 bridgehead atoms. The zero-order valence-electron chi connectivity index (χ0n) is 15.7. The number of aryl methyl sites for hydroxylation is 1. The maximum atomic E-state index is 13.2. The predicted octanol–water partition coefficient (Wildman–Crippen LogP) is 3.74. The second kappa shape index (κ2) is 7.75. The summed E-state index contributed by atoms with van der Waals surface area (Å²) in [6.07, 6.45) is 0. The number of carbonyl (C=O) groups excluding carboxylic acids is 1. The molecule has 0 N–H and O–H groups in total. The lowest BCUT2D eigenvalue weighted by molar-refractivity contribution is 0.0688. The highest BCUT2D eigenvalue weighted by atomic mass is 79.9. The Bertz CT molecular complexity index is 1140. The fourth-order valence-corrected chi connectivity index (χ4v) is 5.94. The maximum absolute atomic E-state index is 13.2. The summed E-state index contributed by atoms with van der Waals surface area (Å²) >= 11 is 9.42. The number of carbonyl (C=O) groups is 1. The van der Waals surface area contributed by atoms with E-state index in [1.807, 2.05) is 35.9 Å². The van der Waals surface area contributed by atoms with Crippen molar-refractivity contribution in [2.75, 3.05) is 26.2 Å². The summed E-state index contributed by atoms with van der Waals surface area (Å²) in [5.74, 6) is -0.112. The van der Waals surface area contributed by atoms with E-state index in [0.717, 1.165) is 15.4 Å². The highest BCUT2D eigenvalue weighted by molar-refractivity contribution is 9.10. The summed E-state index contributed by atoms with van der Waals surface area (Å²) in [7, 11) is -1.74. The summed E-state index contributed by atoms with van der Waals surface area (Å²) in [6, 6.07) is 13.9. The number of hydrogen-bond donors (Lipinski definition) is 0. The summed E-state index contributed by atoms with van der Waals surface area (Å²) in [6.45, 7) is 1.16. The predicted molar refractivity (Wildman–Crippen MR) is 117 cm³/mol. The van der Waals surface area contributed by atoms with Gasteiger partial charge in [0.2, 0.25) is 10.0 Å². The van der Waals surface area contributed by atoms with E-state index >= 15 is 0 Å². The van der Waals surface area contributed by atoms with Gasteiger partial charge >= 0.3 is 0 Å². The van der Waals surface area contributed by atoms with Gasteiger partial charge in [0.1, 0.15) is 5.69 Å². The molecule has 0 aliphatic carbocycles. The van der Waals surface area contributed by atoms with Crippen molar-refractivity contribution in [2.24, 2.45) is 7.05 Å². The minimum absolute atomic E-state index is 0.112. The minimum Gasteiger partial charge on any atom is -0.339 e. The number of rotatable bonds is 3. The molecule has 152 valence electrons. The largest absolute Gasteiger partial charge is 0.339 e. The van der Waals surface area contributed by atoms with Crippen LogP contribution in [0.4, 0.5) is 0 Å². The van der Waals surface area contributed by atoms with Gasteiger partial charge in [-0.2, -0.15) is 4.31 Å². The third kappa shape index (κ3) is 3.59. The maximum Gasteiger partial charge on any atom is 0.271 e.